The first kappa shape index (κ1) is 26.1. The zero-order valence-corrected chi connectivity index (χ0v) is 20.8. The standard InChI is InChI=1S/C26H34FNO6/c1-14-12-20(27)23(30)24-21(33-26(5,6)34-24)10-8-9-18-13-19(28(7)17(4)29)11-15(2)22(18)25(31)32-16(14)3/h8-9,11-14,16,21,23-24,30H,10H2,1-7H3/b9-8?,20-12+/t14-,16+,21-,23?,24-/m1/s1. The van der Waals surface area contributed by atoms with Crippen LogP contribution in [-0.4, -0.2) is 54.2 Å². The van der Waals surface area contributed by atoms with Gasteiger partial charge in [-0.3, -0.25) is 4.79 Å². The number of cyclic esters (lactones) is 1. The number of fused-ring (bicyclic) bond motifs is 2. The van der Waals surface area contributed by atoms with Crippen LogP contribution in [0.2, 0.25) is 0 Å². The minimum atomic E-state index is -1.51. The lowest BCUT2D eigenvalue weighted by Gasteiger charge is -2.24. The van der Waals surface area contributed by atoms with Gasteiger partial charge in [0.2, 0.25) is 5.91 Å². The van der Waals surface area contributed by atoms with Gasteiger partial charge in [-0.1, -0.05) is 19.1 Å². The summed E-state index contributed by atoms with van der Waals surface area (Å²) in [5, 5.41) is 10.7. The Hall–Kier alpha value is -2.55. The highest BCUT2D eigenvalue weighted by molar-refractivity contribution is 5.98. The van der Waals surface area contributed by atoms with Crippen molar-refractivity contribution >= 4 is 23.6 Å². The van der Waals surface area contributed by atoms with Crippen molar-refractivity contribution in [1.82, 2.24) is 0 Å². The van der Waals surface area contributed by atoms with Crippen LogP contribution in [0, 0.1) is 12.8 Å². The molecule has 0 spiro atoms. The van der Waals surface area contributed by atoms with Gasteiger partial charge < -0.3 is 24.2 Å². The summed E-state index contributed by atoms with van der Waals surface area (Å²) in [5.74, 6) is -2.92. The number of ether oxygens (including phenoxy) is 3. The van der Waals surface area contributed by atoms with E-state index >= 15 is 0 Å². The number of carbonyl (C=O) groups excluding carboxylic acids is 2. The van der Waals surface area contributed by atoms with Gasteiger partial charge >= 0.3 is 5.97 Å². The van der Waals surface area contributed by atoms with E-state index in [-0.39, 0.29) is 5.91 Å². The molecule has 0 bridgehead atoms. The number of aliphatic hydroxyl groups is 1. The number of aryl methyl sites for hydroxylation is 1. The number of rotatable bonds is 1. The van der Waals surface area contributed by atoms with Crippen LogP contribution in [0.5, 0.6) is 0 Å². The molecule has 186 valence electrons. The molecular weight excluding hydrogens is 441 g/mol. The molecule has 3 rings (SSSR count). The molecule has 2 heterocycles. The van der Waals surface area contributed by atoms with Crippen LogP contribution >= 0.6 is 0 Å². The van der Waals surface area contributed by atoms with Crippen molar-refractivity contribution in [2.24, 2.45) is 5.92 Å². The number of hydrogen-bond acceptors (Lipinski definition) is 6. The van der Waals surface area contributed by atoms with Gasteiger partial charge in [-0.2, -0.15) is 0 Å². The third kappa shape index (κ3) is 5.56. The fourth-order valence-electron chi connectivity index (χ4n) is 4.20. The highest BCUT2D eigenvalue weighted by atomic mass is 19.1. The smallest absolute Gasteiger partial charge is 0.339 e. The summed E-state index contributed by atoms with van der Waals surface area (Å²) in [6, 6.07) is 3.51. The summed E-state index contributed by atoms with van der Waals surface area (Å²) < 4.78 is 32.4. The minimum Gasteiger partial charge on any atom is -0.458 e. The van der Waals surface area contributed by atoms with Crippen LogP contribution in [0.15, 0.2) is 30.1 Å². The molecule has 1 saturated heterocycles. The molecule has 1 fully saturated rings. The van der Waals surface area contributed by atoms with Crippen molar-refractivity contribution in [3.05, 3.63) is 46.8 Å². The number of amides is 1. The van der Waals surface area contributed by atoms with Crippen LogP contribution in [0.25, 0.3) is 6.08 Å². The Balaban J connectivity index is 2.10. The minimum absolute atomic E-state index is 0.140. The fraction of sp³-hybridized carbons (Fsp3) is 0.538. The second-order valence-corrected chi connectivity index (χ2v) is 9.55. The topological polar surface area (TPSA) is 85.3 Å². The SMILES string of the molecule is CC(=O)N(C)c1cc(C)c2c(c1)C=CC[C@H]1OC(C)(C)O[C@H]1C(O)/C(F)=C\[C@@H](C)[C@H](C)OC2=O. The molecule has 2 aliphatic heterocycles. The van der Waals surface area contributed by atoms with E-state index in [1.165, 1.54) is 17.9 Å². The Morgan fingerprint density at radius 1 is 1.24 bits per heavy atom. The van der Waals surface area contributed by atoms with Crippen LogP contribution in [0.4, 0.5) is 10.1 Å². The molecule has 1 N–H and O–H groups in total. The lowest BCUT2D eigenvalue weighted by atomic mass is 9.96. The van der Waals surface area contributed by atoms with Crippen molar-refractivity contribution in [3.8, 4) is 0 Å². The van der Waals surface area contributed by atoms with E-state index < -0.39 is 47.9 Å². The largest absolute Gasteiger partial charge is 0.458 e. The molecule has 1 unspecified atom stereocenters. The van der Waals surface area contributed by atoms with Gasteiger partial charge in [-0.05, 0) is 63.5 Å². The van der Waals surface area contributed by atoms with Crippen molar-refractivity contribution in [2.45, 2.75) is 78.2 Å². The molecule has 34 heavy (non-hydrogen) atoms. The first-order valence-corrected chi connectivity index (χ1v) is 11.5. The molecule has 0 radical (unpaired) electrons. The number of aliphatic hydroxyl groups excluding tert-OH is 1. The second kappa shape index (κ2) is 9.98. The molecule has 7 nitrogen and oxygen atoms in total. The zero-order chi connectivity index (χ0) is 25.4. The Morgan fingerprint density at radius 2 is 1.91 bits per heavy atom. The molecular formula is C26H34FNO6. The fourth-order valence-corrected chi connectivity index (χ4v) is 4.20. The van der Waals surface area contributed by atoms with Gasteiger partial charge in [0.05, 0.1) is 11.7 Å². The van der Waals surface area contributed by atoms with E-state index in [0.29, 0.717) is 28.8 Å². The van der Waals surface area contributed by atoms with E-state index in [4.69, 9.17) is 14.2 Å². The van der Waals surface area contributed by atoms with E-state index in [9.17, 15) is 19.1 Å². The summed E-state index contributed by atoms with van der Waals surface area (Å²) in [5.41, 5.74) is 2.25. The number of esters is 1. The number of anilines is 1. The lowest BCUT2D eigenvalue weighted by molar-refractivity contribution is -0.153. The number of hydrogen-bond donors (Lipinski definition) is 1. The van der Waals surface area contributed by atoms with E-state index in [1.807, 2.05) is 0 Å². The van der Waals surface area contributed by atoms with Crippen molar-refractivity contribution in [1.29, 1.82) is 0 Å². The molecule has 0 saturated carbocycles. The first-order valence-electron chi connectivity index (χ1n) is 11.5. The van der Waals surface area contributed by atoms with Gasteiger partial charge in [0.15, 0.2) is 5.79 Å². The third-order valence-corrected chi connectivity index (χ3v) is 6.35. The van der Waals surface area contributed by atoms with Crippen LogP contribution < -0.4 is 4.90 Å². The number of halogens is 1. The maximum atomic E-state index is 14.9. The molecule has 5 atom stereocenters. The monoisotopic (exact) mass is 475 g/mol. The predicted octanol–water partition coefficient (Wildman–Crippen LogP) is 4.31. The summed E-state index contributed by atoms with van der Waals surface area (Å²) in [6.45, 7) is 10.1. The van der Waals surface area contributed by atoms with Crippen molar-refractivity contribution < 1.29 is 33.3 Å². The third-order valence-electron chi connectivity index (χ3n) is 6.35. The summed E-state index contributed by atoms with van der Waals surface area (Å²) in [6.07, 6.45) is 1.44. The second-order valence-electron chi connectivity index (χ2n) is 9.55. The Morgan fingerprint density at radius 3 is 2.56 bits per heavy atom. The number of benzene rings is 1. The van der Waals surface area contributed by atoms with Gasteiger partial charge in [0, 0.05) is 25.6 Å². The maximum Gasteiger partial charge on any atom is 0.339 e. The Bertz CT molecular complexity index is 1020. The number of nitrogens with zero attached hydrogens (tertiary/aromatic N) is 1. The zero-order valence-electron chi connectivity index (χ0n) is 20.8. The maximum absolute atomic E-state index is 14.9. The normalized spacial score (nSPS) is 30.9. The predicted molar refractivity (Wildman–Crippen MR) is 127 cm³/mol. The average molecular weight is 476 g/mol. The average Bonchev–Trinajstić information content (AvgIpc) is 3.05. The van der Waals surface area contributed by atoms with Gasteiger partial charge in [-0.15, -0.1) is 0 Å². The Kier molecular flexibility index (Phi) is 7.65. The molecule has 1 amide bonds. The molecule has 2 aliphatic rings. The summed E-state index contributed by atoms with van der Waals surface area (Å²) >= 11 is 0. The van der Waals surface area contributed by atoms with E-state index in [0.717, 1.165) is 0 Å². The molecule has 0 aliphatic carbocycles. The van der Waals surface area contributed by atoms with Gasteiger partial charge in [-0.25, -0.2) is 9.18 Å². The molecule has 1 aromatic carbocycles. The lowest BCUT2D eigenvalue weighted by Crippen LogP contribution is -2.36. The summed E-state index contributed by atoms with van der Waals surface area (Å²) in [4.78, 5) is 26.5. The first-order chi connectivity index (χ1) is 15.8. The van der Waals surface area contributed by atoms with Crippen LogP contribution in [0.1, 0.15) is 62.5 Å². The molecule has 8 heteroatoms. The quantitative estimate of drug-likeness (QED) is 0.610. The highest BCUT2D eigenvalue weighted by Crippen LogP contribution is 2.35. The van der Waals surface area contributed by atoms with Gasteiger partial charge in [0.1, 0.15) is 24.1 Å². The van der Waals surface area contributed by atoms with E-state index in [1.54, 1.807) is 66.0 Å². The summed E-state index contributed by atoms with van der Waals surface area (Å²) in [7, 11) is 1.66. The van der Waals surface area contributed by atoms with Crippen molar-refractivity contribution in [2.75, 3.05) is 11.9 Å². The molecule has 1 aromatic rings. The van der Waals surface area contributed by atoms with Crippen LogP contribution in [-0.2, 0) is 19.0 Å². The highest BCUT2D eigenvalue weighted by Gasteiger charge is 2.45. The van der Waals surface area contributed by atoms with E-state index in [2.05, 4.69) is 0 Å². The Labute approximate surface area is 200 Å². The number of carbonyl (C=O) groups is 2. The molecule has 0 aromatic heterocycles. The van der Waals surface area contributed by atoms with Crippen molar-refractivity contribution in [3.63, 3.8) is 0 Å². The van der Waals surface area contributed by atoms with Gasteiger partial charge in [0.25, 0.3) is 0 Å². The van der Waals surface area contributed by atoms with Crippen LogP contribution in [0.3, 0.4) is 0 Å².